The highest BCUT2D eigenvalue weighted by molar-refractivity contribution is 14.1. The van der Waals surface area contributed by atoms with Crippen molar-refractivity contribution in [2.45, 2.75) is 0 Å². The second-order valence-corrected chi connectivity index (χ2v) is 4.59. The lowest BCUT2D eigenvalue weighted by Crippen LogP contribution is -1.79. The Balaban J connectivity index is 2.14. The average molecular weight is 310 g/mol. The molecule has 0 N–H and O–H groups in total. The van der Waals surface area contributed by atoms with E-state index in [1.54, 1.807) is 0 Å². The second kappa shape index (κ2) is 4.61. The molecule has 0 saturated heterocycles. The molecule has 1 aromatic heterocycles. The number of rotatable bonds is 2. The highest BCUT2D eigenvalue weighted by Crippen LogP contribution is 2.14. The van der Waals surface area contributed by atoms with Crippen LogP contribution in [-0.4, -0.2) is 10.8 Å². The van der Waals surface area contributed by atoms with Gasteiger partial charge in [0.1, 0.15) is 0 Å². The van der Waals surface area contributed by atoms with Crippen molar-refractivity contribution in [2.75, 3.05) is 0 Å². The molecule has 0 aliphatic rings. The summed E-state index contributed by atoms with van der Waals surface area (Å²) in [6.07, 6.45) is 5.92. The molecule has 1 aromatic carbocycles. The summed E-state index contributed by atoms with van der Waals surface area (Å²) < 4.78 is 3.24. The van der Waals surface area contributed by atoms with Crippen LogP contribution in [0.4, 0.5) is 5.69 Å². The maximum atomic E-state index is 4.39. The van der Waals surface area contributed by atoms with Gasteiger partial charge in [0, 0.05) is 34.8 Å². The maximum Gasteiger partial charge on any atom is 0.0630 e. The Hall–Kier alpha value is -1.10. The summed E-state index contributed by atoms with van der Waals surface area (Å²) in [6, 6.07) is 10.2. The van der Waals surface area contributed by atoms with Gasteiger partial charge in [-0.25, -0.2) is 0 Å². The van der Waals surface area contributed by atoms with Crippen molar-refractivity contribution in [1.29, 1.82) is 0 Å². The fraction of sp³-hybridized carbons (Fsp3) is 0.0833. The van der Waals surface area contributed by atoms with Crippen molar-refractivity contribution in [2.24, 2.45) is 12.0 Å². The largest absolute Gasteiger partial charge is 0.357 e. The van der Waals surface area contributed by atoms with E-state index in [-0.39, 0.29) is 0 Å². The Morgan fingerprint density at radius 3 is 2.53 bits per heavy atom. The van der Waals surface area contributed by atoms with Gasteiger partial charge in [-0.2, -0.15) is 0 Å². The van der Waals surface area contributed by atoms with E-state index >= 15 is 0 Å². The predicted molar refractivity (Wildman–Crippen MR) is 71.8 cm³/mol. The van der Waals surface area contributed by atoms with Crippen LogP contribution < -0.4 is 0 Å². The molecule has 76 valence electrons. The molecule has 0 amide bonds. The summed E-state index contributed by atoms with van der Waals surface area (Å²) in [7, 11) is 2.00. The molecule has 0 aliphatic carbocycles. The molecular weight excluding hydrogens is 299 g/mol. The van der Waals surface area contributed by atoms with Crippen LogP contribution in [0.15, 0.2) is 47.7 Å². The van der Waals surface area contributed by atoms with Crippen LogP contribution in [0.3, 0.4) is 0 Å². The third-order valence-corrected chi connectivity index (χ3v) is 2.76. The highest BCUT2D eigenvalue weighted by atomic mass is 127. The van der Waals surface area contributed by atoms with E-state index in [4.69, 9.17) is 0 Å². The van der Waals surface area contributed by atoms with Gasteiger partial charge in [-0.15, -0.1) is 0 Å². The zero-order valence-corrected chi connectivity index (χ0v) is 10.5. The molecule has 0 radical (unpaired) electrons. The zero-order valence-electron chi connectivity index (χ0n) is 8.39. The molecular formula is C12H11IN2. The van der Waals surface area contributed by atoms with Crippen LogP contribution in [0, 0.1) is 3.57 Å². The SMILES string of the molecule is Cn1ccc(C=Nc2ccc(I)cc2)c1. The molecule has 3 heteroatoms. The van der Waals surface area contributed by atoms with Gasteiger partial charge in [0.2, 0.25) is 0 Å². The first-order valence-electron chi connectivity index (χ1n) is 4.66. The number of halogens is 1. The van der Waals surface area contributed by atoms with Gasteiger partial charge in [0.25, 0.3) is 0 Å². The van der Waals surface area contributed by atoms with Gasteiger partial charge in [-0.3, -0.25) is 4.99 Å². The smallest absolute Gasteiger partial charge is 0.0630 e. The molecule has 0 fully saturated rings. The van der Waals surface area contributed by atoms with E-state index in [1.165, 1.54) is 3.57 Å². The van der Waals surface area contributed by atoms with Crippen molar-refractivity contribution in [1.82, 2.24) is 4.57 Å². The topological polar surface area (TPSA) is 17.3 Å². The Bertz CT molecular complexity index is 469. The Morgan fingerprint density at radius 2 is 1.93 bits per heavy atom. The minimum Gasteiger partial charge on any atom is -0.357 e. The minimum atomic E-state index is 0.985. The van der Waals surface area contributed by atoms with Crippen molar-refractivity contribution in [3.8, 4) is 0 Å². The number of hydrogen-bond acceptors (Lipinski definition) is 1. The minimum absolute atomic E-state index is 0.985. The molecule has 1 heterocycles. The average Bonchev–Trinajstić information content (AvgIpc) is 2.64. The van der Waals surface area contributed by atoms with E-state index in [0.29, 0.717) is 0 Å². The lowest BCUT2D eigenvalue weighted by atomic mass is 10.3. The molecule has 0 saturated carbocycles. The fourth-order valence-corrected chi connectivity index (χ4v) is 1.64. The van der Waals surface area contributed by atoms with Crippen molar-refractivity contribution in [3.63, 3.8) is 0 Å². The molecule has 0 unspecified atom stereocenters. The lowest BCUT2D eigenvalue weighted by molar-refractivity contribution is 0.927. The van der Waals surface area contributed by atoms with Gasteiger partial charge in [-0.05, 0) is 52.9 Å². The fourth-order valence-electron chi connectivity index (χ4n) is 1.28. The summed E-state index contributed by atoms with van der Waals surface area (Å²) >= 11 is 2.28. The second-order valence-electron chi connectivity index (χ2n) is 3.34. The van der Waals surface area contributed by atoms with Crippen LogP contribution in [0.2, 0.25) is 0 Å². The molecule has 0 spiro atoms. The maximum absolute atomic E-state index is 4.39. The van der Waals surface area contributed by atoms with E-state index in [1.807, 2.05) is 48.4 Å². The third kappa shape index (κ3) is 2.92. The van der Waals surface area contributed by atoms with E-state index in [2.05, 4.69) is 39.7 Å². The zero-order chi connectivity index (χ0) is 10.7. The van der Waals surface area contributed by atoms with Crippen molar-refractivity contribution < 1.29 is 0 Å². The number of aryl methyl sites for hydroxylation is 1. The van der Waals surface area contributed by atoms with Crippen molar-refractivity contribution in [3.05, 3.63) is 51.9 Å². The van der Waals surface area contributed by atoms with Crippen LogP contribution >= 0.6 is 22.6 Å². The van der Waals surface area contributed by atoms with Gasteiger partial charge in [0.05, 0.1) is 5.69 Å². The number of benzene rings is 1. The first kappa shape index (κ1) is 10.4. The molecule has 2 aromatic rings. The van der Waals surface area contributed by atoms with Crippen LogP contribution in [0.1, 0.15) is 5.56 Å². The van der Waals surface area contributed by atoms with Gasteiger partial charge >= 0.3 is 0 Å². The monoisotopic (exact) mass is 310 g/mol. The Kier molecular flexibility index (Phi) is 3.20. The molecule has 0 aliphatic heterocycles. The molecule has 0 atom stereocenters. The highest BCUT2D eigenvalue weighted by Gasteiger charge is 1.90. The Labute approximate surface area is 103 Å². The standard InChI is InChI=1S/C12H11IN2/c1-15-7-6-10(9-15)8-14-12-4-2-11(13)3-5-12/h2-9H,1H3. The molecule has 2 rings (SSSR count). The summed E-state index contributed by atoms with van der Waals surface area (Å²) in [5.41, 5.74) is 2.11. The van der Waals surface area contributed by atoms with Gasteiger partial charge in [0.15, 0.2) is 0 Å². The van der Waals surface area contributed by atoms with Gasteiger partial charge < -0.3 is 4.57 Å². The van der Waals surface area contributed by atoms with Crippen LogP contribution in [0.25, 0.3) is 0 Å². The molecule has 15 heavy (non-hydrogen) atoms. The third-order valence-electron chi connectivity index (χ3n) is 2.04. The summed E-state index contributed by atoms with van der Waals surface area (Å²) in [4.78, 5) is 4.39. The first-order valence-corrected chi connectivity index (χ1v) is 5.73. The van der Waals surface area contributed by atoms with Gasteiger partial charge in [-0.1, -0.05) is 0 Å². The summed E-state index contributed by atoms with van der Waals surface area (Å²) in [6.45, 7) is 0. The van der Waals surface area contributed by atoms with Crippen molar-refractivity contribution >= 4 is 34.5 Å². The quantitative estimate of drug-likeness (QED) is 0.598. The van der Waals surface area contributed by atoms with Crippen LogP contribution in [0.5, 0.6) is 0 Å². The number of hydrogen-bond donors (Lipinski definition) is 0. The Morgan fingerprint density at radius 1 is 1.20 bits per heavy atom. The van der Waals surface area contributed by atoms with E-state index in [9.17, 15) is 0 Å². The number of aliphatic imine (C=N–C) groups is 1. The first-order chi connectivity index (χ1) is 7.24. The lowest BCUT2D eigenvalue weighted by Gasteiger charge is -1.92. The number of aromatic nitrogens is 1. The normalized spacial score (nSPS) is 11.1. The van der Waals surface area contributed by atoms with Crippen LogP contribution in [-0.2, 0) is 7.05 Å². The molecule has 2 nitrogen and oxygen atoms in total. The van der Waals surface area contributed by atoms with E-state index in [0.717, 1.165) is 11.3 Å². The summed E-state index contributed by atoms with van der Waals surface area (Å²) in [5, 5.41) is 0. The van der Waals surface area contributed by atoms with E-state index < -0.39 is 0 Å². The molecule has 0 bridgehead atoms. The summed E-state index contributed by atoms with van der Waals surface area (Å²) in [5.74, 6) is 0. The predicted octanol–water partition coefficient (Wildman–Crippen LogP) is 3.38. The number of nitrogens with zero attached hydrogens (tertiary/aromatic N) is 2.